The average molecular weight is 400 g/mol. The van der Waals surface area contributed by atoms with Gasteiger partial charge in [-0.1, -0.05) is 60.7 Å². The van der Waals surface area contributed by atoms with Crippen LogP contribution in [-0.4, -0.2) is 27.3 Å². The summed E-state index contributed by atoms with van der Waals surface area (Å²) in [6.07, 6.45) is 1.70. The molecule has 0 aliphatic carbocycles. The number of carbonyl (C=O) groups is 1. The lowest BCUT2D eigenvalue weighted by Crippen LogP contribution is -2.00. The van der Waals surface area contributed by atoms with Gasteiger partial charge in [-0.3, -0.25) is 5.43 Å². The van der Waals surface area contributed by atoms with Gasteiger partial charge < -0.3 is 5.11 Å². The first-order chi connectivity index (χ1) is 14.2. The zero-order chi connectivity index (χ0) is 20.1. The van der Waals surface area contributed by atoms with Gasteiger partial charge in [-0.2, -0.15) is 5.10 Å². The summed E-state index contributed by atoms with van der Waals surface area (Å²) in [5.41, 5.74) is 7.30. The van der Waals surface area contributed by atoms with Gasteiger partial charge in [0.15, 0.2) is 0 Å². The third-order valence-corrected chi connectivity index (χ3v) is 4.87. The number of nitrogens with one attached hydrogen (secondary N) is 1. The number of pyridine rings is 1. The second kappa shape index (κ2) is 8.45. The first-order valence-corrected chi connectivity index (χ1v) is 9.68. The van der Waals surface area contributed by atoms with E-state index in [0.29, 0.717) is 10.8 Å². The second-order valence-corrected chi connectivity index (χ2v) is 6.97. The summed E-state index contributed by atoms with van der Waals surface area (Å²) in [4.78, 5) is 19.7. The Balaban J connectivity index is 1.41. The number of aromatic carboxylic acids is 1. The number of hydrogen-bond acceptors (Lipinski definition) is 6. The first kappa shape index (κ1) is 18.5. The molecule has 0 saturated carbocycles. The average Bonchev–Trinajstić information content (AvgIpc) is 3.24. The molecule has 4 aromatic rings. The smallest absolute Gasteiger partial charge is 0.354 e. The fourth-order valence-electron chi connectivity index (χ4n) is 2.68. The van der Waals surface area contributed by atoms with Crippen LogP contribution in [0.3, 0.4) is 0 Å². The van der Waals surface area contributed by atoms with E-state index in [2.05, 4.69) is 20.5 Å². The molecule has 29 heavy (non-hydrogen) atoms. The van der Waals surface area contributed by atoms with Gasteiger partial charge >= 0.3 is 5.97 Å². The molecule has 0 bridgehead atoms. The molecule has 0 saturated heterocycles. The maximum atomic E-state index is 11.1. The lowest BCUT2D eigenvalue weighted by Gasteiger charge is -2.02. The van der Waals surface area contributed by atoms with Crippen LogP contribution >= 0.6 is 11.3 Å². The molecule has 0 aliphatic rings. The SMILES string of the molecule is O=C(O)c1cccc(-c2ccc(C=NNc3nc(-c4ccccc4)cs3)cc2)n1. The molecule has 0 fully saturated rings. The highest BCUT2D eigenvalue weighted by Gasteiger charge is 2.06. The number of hydrazone groups is 1. The van der Waals surface area contributed by atoms with Crippen LogP contribution in [-0.2, 0) is 0 Å². The van der Waals surface area contributed by atoms with Crippen molar-refractivity contribution in [3.63, 3.8) is 0 Å². The van der Waals surface area contributed by atoms with Crippen LogP contribution < -0.4 is 5.43 Å². The van der Waals surface area contributed by atoms with Crippen LogP contribution in [0.2, 0.25) is 0 Å². The number of carboxylic acid groups (broad SMARTS) is 1. The summed E-state index contributed by atoms with van der Waals surface area (Å²) in [5, 5.41) is 16.0. The number of carboxylic acids is 1. The predicted molar refractivity (Wildman–Crippen MR) is 115 cm³/mol. The highest BCUT2D eigenvalue weighted by molar-refractivity contribution is 7.14. The predicted octanol–water partition coefficient (Wildman–Crippen LogP) is 5.02. The number of benzene rings is 2. The Morgan fingerprint density at radius 1 is 0.897 bits per heavy atom. The number of aromatic nitrogens is 2. The molecule has 142 valence electrons. The number of hydrogen-bond donors (Lipinski definition) is 2. The van der Waals surface area contributed by atoms with Crippen molar-refractivity contribution < 1.29 is 9.90 Å². The van der Waals surface area contributed by atoms with E-state index in [1.807, 2.05) is 60.0 Å². The zero-order valence-electron chi connectivity index (χ0n) is 15.2. The van der Waals surface area contributed by atoms with Gasteiger partial charge in [-0.05, 0) is 17.7 Å². The van der Waals surface area contributed by atoms with Crippen molar-refractivity contribution in [2.24, 2.45) is 5.10 Å². The van der Waals surface area contributed by atoms with Crippen LogP contribution in [0.25, 0.3) is 22.5 Å². The normalized spacial score (nSPS) is 10.9. The van der Waals surface area contributed by atoms with Crippen LogP contribution in [0.15, 0.2) is 83.3 Å². The van der Waals surface area contributed by atoms with Crippen LogP contribution in [0.4, 0.5) is 5.13 Å². The minimum Gasteiger partial charge on any atom is -0.477 e. The summed E-state index contributed by atoms with van der Waals surface area (Å²) in [6.45, 7) is 0. The molecule has 2 aromatic carbocycles. The standard InChI is InChI=1S/C22H16N4O2S/c27-21(28)19-8-4-7-18(24-19)17-11-9-15(10-12-17)13-23-26-22-25-20(14-29-22)16-5-2-1-3-6-16/h1-14H,(H,25,26)(H,27,28). The lowest BCUT2D eigenvalue weighted by molar-refractivity contribution is 0.0690. The molecule has 0 spiro atoms. The third-order valence-electron chi connectivity index (χ3n) is 4.12. The van der Waals surface area contributed by atoms with Crippen LogP contribution in [0.1, 0.15) is 16.1 Å². The molecule has 2 N–H and O–H groups in total. The van der Waals surface area contributed by atoms with Gasteiger partial charge in [0.05, 0.1) is 17.6 Å². The molecule has 4 rings (SSSR count). The maximum absolute atomic E-state index is 11.1. The minimum atomic E-state index is -1.04. The topological polar surface area (TPSA) is 87.5 Å². The largest absolute Gasteiger partial charge is 0.477 e. The Kier molecular flexibility index (Phi) is 5.40. The number of rotatable bonds is 6. The zero-order valence-corrected chi connectivity index (χ0v) is 16.0. The van der Waals surface area contributed by atoms with Crippen LogP contribution in [0.5, 0.6) is 0 Å². The number of nitrogens with zero attached hydrogens (tertiary/aromatic N) is 3. The highest BCUT2D eigenvalue weighted by Crippen LogP contribution is 2.24. The van der Waals surface area contributed by atoms with Gasteiger partial charge in [-0.15, -0.1) is 11.3 Å². The third kappa shape index (κ3) is 4.53. The lowest BCUT2D eigenvalue weighted by atomic mass is 10.1. The van der Waals surface area contributed by atoms with E-state index in [1.54, 1.807) is 18.3 Å². The van der Waals surface area contributed by atoms with Crippen molar-refractivity contribution in [1.82, 2.24) is 9.97 Å². The summed E-state index contributed by atoms with van der Waals surface area (Å²) in [7, 11) is 0. The summed E-state index contributed by atoms with van der Waals surface area (Å²) >= 11 is 1.49. The Bertz CT molecular complexity index is 1150. The van der Waals surface area contributed by atoms with Gasteiger partial charge in [0.2, 0.25) is 5.13 Å². The number of anilines is 1. The molecule has 7 heteroatoms. The molecule has 0 unspecified atom stereocenters. The van der Waals surface area contributed by atoms with Crippen molar-refractivity contribution in [3.8, 4) is 22.5 Å². The van der Waals surface area contributed by atoms with E-state index in [4.69, 9.17) is 5.11 Å². The van der Waals surface area contributed by atoms with Crippen molar-refractivity contribution in [2.75, 3.05) is 5.43 Å². The van der Waals surface area contributed by atoms with E-state index < -0.39 is 5.97 Å². The fourth-order valence-corrected chi connectivity index (χ4v) is 3.35. The molecule has 2 heterocycles. The summed E-state index contributed by atoms with van der Waals surface area (Å²) in [5.74, 6) is -1.04. The van der Waals surface area contributed by atoms with Crippen molar-refractivity contribution in [1.29, 1.82) is 0 Å². The molecular weight excluding hydrogens is 384 g/mol. The van der Waals surface area contributed by atoms with Crippen LogP contribution in [0, 0.1) is 0 Å². The summed E-state index contributed by atoms with van der Waals surface area (Å²) in [6, 6.07) is 22.5. The van der Waals surface area contributed by atoms with Crippen molar-refractivity contribution >= 4 is 28.7 Å². The summed E-state index contributed by atoms with van der Waals surface area (Å²) < 4.78 is 0. The minimum absolute atomic E-state index is 0.0238. The quantitative estimate of drug-likeness (QED) is 0.351. The fraction of sp³-hybridized carbons (Fsp3) is 0. The Morgan fingerprint density at radius 3 is 2.41 bits per heavy atom. The van der Waals surface area contributed by atoms with E-state index in [9.17, 15) is 4.79 Å². The van der Waals surface area contributed by atoms with Crippen molar-refractivity contribution in [2.45, 2.75) is 0 Å². The number of thiazole rings is 1. The Hall–Kier alpha value is -3.84. The molecule has 0 aliphatic heterocycles. The molecule has 0 radical (unpaired) electrons. The van der Waals surface area contributed by atoms with Gasteiger partial charge in [0, 0.05) is 16.5 Å². The van der Waals surface area contributed by atoms with E-state index in [1.165, 1.54) is 17.4 Å². The van der Waals surface area contributed by atoms with E-state index in [-0.39, 0.29) is 5.69 Å². The van der Waals surface area contributed by atoms with Gasteiger partial charge in [0.25, 0.3) is 0 Å². The van der Waals surface area contributed by atoms with Gasteiger partial charge in [-0.25, -0.2) is 14.8 Å². The van der Waals surface area contributed by atoms with E-state index >= 15 is 0 Å². The molecular formula is C22H16N4O2S. The molecule has 0 amide bonds. The second-order valence-electron chi connectivity index (χ2n) is 6.11. The molecule has 2 aromatic heterocycles. The Labute approximate surface area is 171 Å². The molecule has 6 nitrogen and oxygen atoms in total. The Morgan fingerprint density at radius 2 is 1.66 bits per heavy atom. The monoisotopic (exact) mass is 400 g/mol. The highest BCUT2D eigenvalue weighted by atomic mass is 32.1. The van der Waals surface area contributed by atoms with Crippen molar-refractivity contribution in [3.05, 3.63) is 89.4 Å². The van der Waals surface area contributed by atoms with Gasteiger partial charge in [0.1, 0.15) is 5.69 Å². The molecule has 0 atom stereocenters. The first-order valence-electron chi connectivity index (χ1n) is 8.80. The maximum Gasteiger partial charge on any atom is 0.354 e. The van der Waals surface area contributed by atoms with E-state index in [0.717, 1.165) is 22.4 Å².